The van der Waals surface area contributed by atoms with E-state index in [1.165, 1.54) is 244 Å². The first-order valence-corrected chi connectivity index (χ1v) is 33.6. The number of allylic oxidation sites excluding steroid dienone is 3. The standard InChI is InChI=1S/C67H127NO10/c1-3-5-7-9-11-13-14-15-32-35-39-43-47-51-55-63(72)76-56-52-48-44-40-36-33-30-28-26-24-22-20-18-16-17-19-21-23-25-27-29-31-34-38-42-46-50-54-62(71)68-59(60(70)53-49-45-41-37-12-10-8-6-4-2)58-77-67-66(75)65(74)64(73)61(57-69)78-67/h16-17,49,53,59-61,64-67,69-70,73-75H,3-15,18-48,50-52,54-58H2,1-2H3,(H,68,71)/b17-16-,53-49+. The normalized spacial score (nSPS) is 18.6. The van der Waals surface area contributed by atoms with Gasteiger partial charge >= 0.3 is 5.97 Å². The highest BCUT2D eigenvalue weighted by atomic mass is 16.7. The van der Waals surface area contributed by atoms with Crippen molar-refractivity contribution in [3.63, 3.8) is 0 Å². The molecule has 0 spiro atoms. The van der Waals surface area contributed by atoms with Crippen LogP contribution in [-0.4, -0.2) is 100 Å². The van der Waals surface area contributed by atoms with Crippen LogP contribution in [0.3, 0.4) is 0 Å². The largest absolute Gasteiger partial charge is 0.466 e. The maximum atomic E-state index is 13.0. The Kier molecular flexibility index (Phi) is 54.2. The van der Waals surface area contributed by atoms with Crippen LogP contribution in [0.25, 0.3) is 0 Å². The lowest BCUT2D eigenvalue weighted by molar-refractivity contribution is -0.302. The Morgan fingerprint density at radius 3 is 1.23 bits per heavy atom. The summed E-state index contributed by atoms with van der Waals surface area (Å²) >= 11 is 0. The molecule has 1 saturated heterocycles. The molecule has 0 aromatic carbocycles. The molecule has 460 valence electrons. The predicted octanol–water partition coefficient (Wildman–Crippen LogP) is 16.5. The summed E-state index contributed by atoms with van der Waals surface area (Å²) in [6.45, 7) is 4.34. The number of amides is 1. The van der Waals surface area contributed by atoms with Crippen molar-refractivity contribution in [1.82, 2.24) is 5.32 Å². The average Bonchev–Trinajstić information content (AvgIpc) is 3.44. The summed E-state index contributed by atoms with van der Waals surface area (Å²) in [6.07, 6.45) is 60.3. The van der Waals surface area contributed by atoms with Crippen LogP contribution in [0.15, 0.2) is 24.3 Å². The van der Waals surface area contributed by atoms with Gasteiger partial charge < -0.3 is 45.1 Å². The molecule has 0 saturated carbocycles. The second-order valence-electron chi connectivity index (χ2n) is 23.5. The van der Waals surface area contributed by atoms with E-state index in [4.69, 9.17) is 14.2 Å². The van der Waals surface area contributed by atoms with Gasteiger partial charge in [-0.2, -0.15) is 0 Å². The number of nitrogens with one attached hydrogen (secondary N) is 1. The topological polar surface area (TPSA) is 175 Å². The molecule has 1 aliphatic rings. The molecule has 0 aromatic rings. The fourth-order valence-corrected chi connectivity index (χ4v) is 10.7. The molecular weight excluding hydrogens is 979 g/mol. The van der Waals surface area contributed by atoms with Crippen molar-refractivity contribution in [2.45, 2.75) is 371 Å². The Morgan fingerprint density at radius 2 is 0.821 bits per heavy atom. The lowest BCUT2D eigenvalue weighted by Gasteiger charge is -2.40. The Hall–Kier alpha value is -1.86. The number of aliphatic hydroxyl groups excluding tert-OH is 5. The minimum absolute atomic E-state index is 0.00814. The summed E-state index contributed by atoms with van der Waals surface area (Å²) < 4.78 is 16.7. The third kappa shape index (κ3) is 45.7. The van der Waals surface area contributed by atoms with E-state index in [2.05, 4.69) is 31.3 Å². The maximum absolute atomic E-state index is 13.0. The van der Waals surface area contributed by atoms with Gasteiger partial charge in [0.1, 0.15) is 24.4 Å². The highest BCUT2D eigenvalue weighted by Crippen LogP contribution is 2.23. The van der Waals surface area contributed by atoms with Crippen molar-refractivity contribution in [1.29, 1.82) is 0 Å². The van der Waals surface area contributed by atoms with Gasteiger partial charge in [0, 0.05) is 12.8 Å². The van der Waals surface area contributed by atoms with E-state index in [9.17, 15) is 35.1 Å². The molecule has 7 atom stereocenters. The number of aliphatic hydroxyl groups is 5. The molecule has 11 heteroatoms. The molecule has 0 bridgehead atoms. The quantitative estimate of drug-likeness (QED) is 0.0195. The zero-order valence-corrected chi connectivity index (χ0v) is 50.9. The fraction of sp³-hybridized carbons (Fsp3) is 0.910. The van der Waals surface area contributed by atoms with E-state index in [0.717, 1.165) is 57.8 Å². The number of unbranched alkanes of at least 4 members (excludes halogenated alkanes) is 43. The van der Waals surface area contributed by atoms with Crippen molar-refractivity contribution in [2.75, 3.05) is 19.8 Å². The summed E-state index contributed by atoms with van der Waals surface area (Å²) in [5.74, 6) is -0.175. The highest BCUT2D eigenvalue weighted by molar-refractivity contribution is 5.76. The van der Waals surface area contributed by atoms with Gasteiger partial charge in [-0.3, -0.25) is 9.59 Å². The van der Waals surface area contributed by atoms with E-state index >= 15 is 0 Å². The van der Waals surface area contributed by atoms with Crippen LogP contribution in [0.5, 0.6) is 0 Å². The van der Waals surface area contributed by atoms with E-state index in [1.807, 2.05) is 6.08 Å². The van der Waals surface area contributed by atoms with Gasteiger partial charge in [0.15, 0.2) is 6.29 Å². The number of carbonyl (C=O) groups is 2. The number of hydrogen-bond acceptors (Lipinski definition) is 10. The van der Waals surface area contributed by atoms with Crippen molar-refractivity contribution >= 4 is 11.9 Å². The summed E-state index contributed by atoms with van der Waals surface area (Å²) in [5.41, 5.74) is 0. The fourth-order valence-electron chi connectivity index (χ4n) is 10.7. The molecule has 11 nitrogen and oxygen atoms in total. The lowest BCUT2D eigenvalue weighted by atomic mass is 9.99. The third-order valence-electron chi connectivity index (χ3n) is 16.1. The zero-order chi connectivity index (χ0) is 56.6. The second-order valence-corrected chi connectivity index (χ2v) is 23.5. The van der Waals surface area contributed by atoms with Crippen molar-refractivity contribution in [2.24, 2.45) is 0 Å². The molecule has 0 radical (unpaired) electrons. The molecule has 1 heterocycles. The molecule has 0 aliphatic carbocycles. The number of carbonyl (C=O) groups excluding carboxylic acids is 2. The number of esters is 1. The molecule has 78 heavy (non-hydrogen) atoms. The highest BCUT2D eigenvalue weighted by Gasteiger charge is 2.44. The smallest absolute Gasteiger partial charge is 0.305 e. The van der Waals surface area contributed by atoms with Crippen molar-refractivity contribution < 1.29 is 49.3 Å². The summed E-state index contributed by atoms with van der Waals surface area (Å²) in [5, 5.41) is 54.3. The third-order valence-corrected chi connectivity index (χ3v) is 16.1. The summed E-state index contributed by atoms with van der Waals surface area (Å²) in [7, 11) is 0. The van der Waals surface area contributed by atoms with E-state index in [-0.39, 0.29) is 18.5 Å². The molecule has 7 unspecified atom stereocenters. The first-order valence-electron chi connectivity index (χ1n) is 33.6. The van der Waals surface area contributed by atoms with Crippen molar-refractivity contribution in [3.05, 3.63) is 24.3 Å². The zero-order valence-electron chi connectivity index (χ0n) is 50.9. The van der Waals surface area contributed by atoms with Gasteiger partial charge in [0.05, 0.1) is 32.0 Å². The Balaban J connectivity index is 1.94. The summed E-state index contributed by atoms with van der Waals surface area (Å²) in [6, 6.07) is -0.809. The average molecular weight is 1110 g/mol. The predicted molar refractivity (Wildman–Crippen MR) is 324 cm³/mol. The van der Waals surface area contributed by atoms with Gasteiger partial charge in [-0.15, -0.1) is 0 Å². The van der Waals surface area contributed by atoms with E-state index < -0.39 is 49.5 Å². The Morgan fingerprint density at radius 1 is 0.462 bits per heavy atom. The number of hydrogen-bond donors (Lipinski definition) is 6. The van der Waals surface area contributed by atoms with Crippen LogP contribution < -0.4 is 5.32 Å². The number of rotatable bonds is 59. The summed E-state index contributed by atoms with van der Waals surface area (Å²) in [4.78, 5) is 25.1. The Labute approximate surface area is 480 Å². The van der Waals surface area contributed by atoms with Crippen molar-refractivity contribution in [3.8, 4) is 0 Å². The lowest BCUT2D eigenvalue weighted by Crippen LogP contribution is -2.60. The Bertz CT molecular complexity index is 1350. The van der Waals surface area contributed by atoms with Crippen LogP contribution >= 0.6 is 0 Å². The van der Waals surface area contributed by atoms with Crippen LogP contribution in [0, 0.1) is 0 Å². The van der Waals surface area contributed by atoms with E-state index in [1.54, 1.807) is 6.08 Å². The maximum Gasteiger partial charge on any atom is 0.305 e. The molecule has 1 fully saturated rings. The minimum atomic E-state index is -1.57. The van der Waals surface area contributed by atoms with E-state index in [0.29, 0.717) is 19.4 Å². The van der Waals surface area contributed by atoms with Crippen LogP contribution in [0.1, 0.15) is 328 Å². The molecular formula is C67H127NO10. The molecule has 6 N–H and O–H groups in total. The van der Waals surface area contributed by atoms with Gasteiger partial charge in [-0.05, 0) is 57.8 Å². The molecule has 1 aliphatic heterocycles. The van der Waals surface area contributed by atoms with Gasteiger partial charge in [-0.1, -0.05) is 282 Å². The first kappa shape index (κ1) is 74.2. The second kappa shape index (κ2) is 57.0. The monoisotopic (exact) mass is 1110 g/mol. The number of ether oxygens (including phenoxy) is 3. The molecule has 1 rings (SSSR count). The SMILES string of the molecule is CCCCCCCCC/C=C/C(O)C(COC1OC(CO)C(O)C(O)C1O)NC(=O)CCCCCCCCCCCCC/C=C\CCCCCCCCCCCCCCOC(=O)CCCCCCCCCCCCCCCC. The first-order chi connectivity index (χ1) is 38.2. The van der Waals surface area contributed by atoms with Gasteiger partial charge in [0.2, 0.25) is 5.91 Å². The van der Waals surface area contributed by atoms with Gasteiger partial charge in [-0.25, -0.2) is 0 Å². The molecule has 1 amide bonds. The minimum Gasteiger partial charge on any atom is -0.466 e. The molecule has 0 aromatic heterocycles. The van der Waals surface area contributed by atoms with Crippen LogP contribution in [0.4, 0.5) is 0 Å². The van der Waals surface area contributed by atoms with Crippen LogP contribution in [-0.2, 0) is 23.8 Å². The van der Waals surface area contributed by atoms with Gasteiger partial charge in [0.25, 0.3) is 0 Å². The van der Waals surface area contributed by atoms with Crippen LogP contribution in [0.2, 0.25) is 0 Å².